The number of halogens is 2. The molecule has 1 N–H and O–H groups in total. The summed E-state index contributed by atoms with van der Waals surface area (Å²) >= 11 is 6.26. The summed E-state index contributed by atoms with van der Waals surface area (Å²) in [6.07, 6.45) is 0. The molecular weight excluding hydrogens is 337 g/mol. The quantitative estimate of drug-likeness (QED) is 0.635. The minimum Gasteiger partial charge on any atom is -0.489 e. The molecule has 3 aromatic carbocycles. The number of nitrogens with one attached hydrogen (secondary N) is 1. The highest BCUT2D eigenvalue weighted by Gasteiger charge is 2.09. The van der Waals surface area contributed by atoms with E-state index < -0.39 is 0 Å². The molecule has 0 saturated carbocycles. The van der Waals surface area contributed by atoms with E-state index >= 15 is 0 Å². The Morgan fingerprint density at radius 1 is 0.960 bits per heavy atom. The third-order valence-corrected chi connectivity index (χ3v) is 4.16. The van der Waals surface area contributed by atoms with Crippen LogP contribution < -0.4 is 10.1 Å². The zero-order valence-corrected chi connectivity index (χ0v) is 14.7. The lowest BCUT2D eigenvalue weighted by atomic mass is 10.0. The number of ether oxygens (including phenoxy) is 1. The smallest absolute Gasteiger partial charge is 0.123 e. The Kier molecular flexibility index (Phi) is 5.69. The fourth-order valence-electron chi connectivity index (χ4n) is 2.67. The van der Waals surface area contributed by atoms with Gasteiger partial charge < -0.3 is 10.1 Å². The Labute approximate surface area is 152 Å². The maximum absolute atomic E-state index is 13.6. The van der Waals surface area contributed by atoms with Gasteiger partial charge in [0.25, 0.3) is 0 Å². The van der Waals surface area contributed by atoms with Crippen LogP contribution in [0.15, 0.2) is 66.7 Å². The van der Waals surface area contributed by atoms with Crippen molar-refractivity contribution in [1.29, 1.82) is 0 Å². The van der Waals surface area contributed by atoms with E-state index in [1.807, 2.05) is 55.6 Å². The van der Waals surface area contributed by atoms with Crippen LogP contribution in [0.25, 0.3) is 11.1 Å². The first-order valence-electron chi connectivity index (χ1n) is 8.06. The van der Waals surface area contributed by atoms with Gasteiger partial charge >= 0.3 is 0 Å². The van der Waals surface area contributed by atoms with Gasteiger partial charge in [-0.25, -0.2) is 4.39 Å². The van der Waals surface area contributed by atoms with Gasteiger partial charge in [0.2, 0.25) is 0 Å². The Bertz CT molecular complexity index is 852. The van der Waals surface area contributed by atoms with Gasteiger partial charge in [0, 0.05) is 17.1 Å². The summed E-state index contributed by atoms with van der Waals surface area (Å²) in [5.74, 6) is 0.414. The second-order valence-corrected chi connectivity index (χ2v) is 6.20. The summed E-state index contributed by atoms with van der Waals surface area (Å²) in [5.41, 5.74) is 3.62. The summed E-state index contributed by atoms with van der Waals surface area (Å²) in [6.45, 7) is 1.16. The molecule has 128 valence electrons. The van der Waals surface area contributed by atoms with E-state index in [1.54, 1.807) is 6.07 Å². The van der Waals surface area contributed by atoms with Crippen molar-refractivity contribution in [2.75, 3.05) is 7.05 Å². The number of hydrogen-bond donors (Lipinski definition) is 1. The largest absolute Gasteiger partial charge is 0.489 e. The predicted octanol–water partition coefficient (Wildman–Crippen LogP) is 5.44. The number of rotatable bonds is 6. The van der Waals surface area contributed by atoms with E-state index in [-0.39, 0.29) is 5.82 Å². The molecule has 0 atom stereocenters. The molecule has 0 aromatic heterocycles. The van der Waals surface area contributed by atoms with Crippen LogP contribution >= 0.6 is 11.6 Å². The van der Waals surface area contributed by atoms with Crippen LogP contribution in [-0.4, -0.2) is 7.05 Å². The zero-order chi connectivity index (χ0) is 17.6. The first-order valence-corrected chi connectivity index (χ1v) is 8.44. The molecule has 4 heteroatoms. The minimum absolute atomic E-state index is 0.315. The third-order valence-electron chi connectivity index (χ3n) is 3.83. The molecule has 3 aromatic rings. The van der Waals surface area contributed by atoms with Gasteiger partial charge in [0.1, 0.15) is 18.2 Å². The first-order chi connectivity index (χ1) is 12.2. The monoisotopic (exact) mass is 355 g/mol. The summed E-state index contributed by atoms with van der Waals surface area (Å²) in [4.78, 5) is 0. The maximum atomic E-state index is 13.6. The van der Waals surface area contributed by atoms with Crippen molar-refractivity contribution in [3.8, 4) is 16.9 Å². The second-order valence-electron chi connectivity index (χ2n) is 5.79. The lowest BCUT2D eigenvalue weighted by molar-refractivity contribution is 0.306. The highest BCUT2D eigenvalue weighted by molar-refractivity contribution is 6.33. The second kappa shape index (κ2) is 8.15. The lowest BCUT2D eigenvalue weighted by Gasteiger charge is -2.13. The molecule has 0 aliphatic carbocycles. The van der Waals surface area contributed by atoms with Gasteiger partial charge in [-0.05, 0) is 60.1 Å². The molecule has 0 bridgehead atoms. The average Bonchev–Trinajstić information content (AvgIpc) is 2.63. The summed E-state index contributed by atoms with van der Waals surface area (Å²) < 4.78 is 19.6. The van der Waals surface area contributed by atoms with Crippen LogP contribution in [0.1, 0.15) is 11.1 Å². The van der Waals surface area contributed by atoms with E-state index in [9.17, 15) is 4.39 Å². The Morgan fingerprint density at radius 2 is 1.76 bits per heavy atom. The summed E-state index contributed by atoms with van der Waals surface area (Å²) in [7, 11) is 1.88. The Balaban J connectivity index is 1.93. The van der Waals surface area contributed by atoms with Gasteiger partial charge in [-0.15, -0.1) is 0 Å². The summed E-state index contributed by atoms with van der Waals surface area (Å²) in [5, 5.41) is 3.64. The molecule has 0 saturated heterocycles. The van der Waals surface area contributed by atoms with Gasteiger partial charge in [-0.3, -0.25) is 0 Å². The molecule has 3 rings (SSSR count). The lowest BCUT2D eigenvalue weighted by Crippen LogP contribution is -2.06. The van der Waals surface area contributed by atoms with E-state index in [0.29, 0.717) is 23.7 Å². The predicted molar refractivity (Wildman–Crippen MR) is 100 cm³/mol. The first kappa shape index (κ1) is 17.5. The van der Waals surface area contributed by atoms with Crippen LogP contribution in [0, 0.1) is 5.82 Å². The molecule has 0 unspecified atom stereocenters. The van der Waals surface area contributed by atoms with Crippen molar-refractivity contribution in [2.24, 2.45) is 0 Å². The van der Waals surface area contributed by atoms with Crippen LogP contribution in [0.4, 0.5) is 4.39 Å². The molecule has 0 amide bonds. The van der Waals surface area contributed by atoms with Crippen LogP contribution in [-0.2, 0) is 13.2 Å². The van der Waals surface area contributed by atoms with Crippen LogP contribution in [0.3, 0.4) is 0 Å². The van der Waals surface area contributed by atoms with Crippen molar-refractivity contribution in [1.82, 2.24) is 5.32 Å². The minimum atomic E-state index is -0.315. The molecule has 0 spiro atoms. The topological polar surface area (TPSA) is 21.3 Å². The van der Waals surface area contributed by atoms with Gasteiger partial charge in [0.15, 0.2) is 0 Å². The summed E-state index contributed by atoms with van der Waals surface area (Å²) in [6, 6.07) is 20.2. The van der Waals surface area contributed by atoms with Crippen molar-refractivity contribution in [3.63, 3.8) is 0 Å². The molecule has 0 heterocycles. The van der Waals surface area contributed by atoms with E-state index in [1.165, 1.54) is 12.1 Å². The Morgan fingerprint density at radius 3 is 2.52 bits per heavy atom. The standard InChI is InChI=1S/C21H19ClFNO/c1-24-13-16-9-17(20-12-18(23)7-8-21(20)22)11-19(10-16)25-14-15-5-3-2-4-6-15/h2-12,24H,13-14H2,1H3. The molecule has 0 aliphatic heterocycles. The molecular formula is C21H19ClFNO. The van der Waals surface area contributed by atoms with Crippen molar-refractivity contribution in [2.45, 2.75) is 13.2 Å². The van der Waals surface area contributed by atoms with Gasteiger partial charge in [-0.1, -0.05) is 41.9 Å². The van der Waals surface area contributed by atoms with E-state index in [0.717, 1.165) is 22.4 Å². The molecule has 0 radical (unpaired) electrons. The van der Waals surface area contributed by atoms with Crippen molar-refractivity contribution >= 4 is 11.6 Å². The molecule has 0 fully saturated rings. The zero-order valence-electron chi connectivity index (χ0n) is 13.9. The number of benzene rings is 3. The maximum Gasteiger partial charge on any atom is 0.123 e. The Hall–Kier alpha value is -2.36. The molecule has 25 heavy (non-hydrogen) atoms. The van der Waals surface area contributed by atoms with Crippen LogP contribution in [0.2, 0.25) is 5.02 Å². The fourth-order valence-corrected chi connectivity index (χ4v) is 2.89. The van der Waals surface area contributed by atoms with Gasteiger partial charge in [-0.2, -0.15) is 0 Å². The van der Waals surface area contributed by atoms with Crippen molar-refractivity contribution < 1.29 is 9.13 Å². The van der Waals surface area contributed by atoms with Crippen molar-refractivity contribution in [3.05, 3.63) is 88.7 Å². The third kappa shape index (κ3) is 4.59. The van der Waals surface area contributed by atoms with E-state index in [4.69, 9.17) is 16.3 Å². The average molecular weight is 356 g/mol. The highest BCUT2D eigenvalue weighted by atomic mass is 35.5. The fraction of sp³-hybridized carbons (Fsp3) is 0.143. The van der Waals surface area contributed by atoms with Gasteiger partial charge in [0.05, 0.1) is 0 Å². The SMILES string of the molecule is CNCc1cc(OCc2ccccc2)cc(-c2cc(F)ccc2Cl)c1. The highest BCUT2D eigenvalue weighted by Crippen LogP contribution is 2.32. The molecule has 0 aliphatic rings. The van der Waals surface area contributed by atoms with E-state index in [2.05, 4.69) is 5.32 Å². The molecule has 2 nitrogen and oxygen atoms in total. The van der Waals surface area contributed by atoms with Crippen LogP contribution in [0.5, 0.6) is 5.75 Å². The number of hydrogen-bond acceptors (Lipinski definition) is 2. The normalized spacial score (nSPS) is 10.7.